The van der Waals surface area contributed by atoms with E-state index < -0.39 is 22.6 Å². The lowest BCUT2D eigenvalue weighted by molar-refractivity contribution is -0.144. The highest BCUT2D eigenvalue weighted by Gasteiger charge is 2.73. The van der Waals surface area contributed by atoms with Crippen LogP contribution in [-0.4, -0.2) is 102 Å². The Morgan fingerprint density at radius 1 is 1.24 bits per heavy atom. The second-order valence-corrected chi connectivity index (χ2v) is 11.8. The van der Waals surface area contributed by atoms with E-state index in [-0.39, 0.29) is 49.3 Å². The van der Waals surface area contributed by atoms with E-state index in [1.54, 1.807) is 50.3 Å². The number of rotatable bonds is 11. The van der Waals surface area contributed by atoms with Crippen LogP contribution >= 0.6 is 11.8 Å². The minimum absolute atomic E-state index is 0.00822. The molecule has 2 bridgehead atoms. The van der Waals surface area contributed by atoms with Crippen LogP contribution in [0.25, 0.3) is 11.0 Å². The summed E-state index contributed by atoms with van der Waals surface area (Å²) < 4.78 is 0.990. The zero-order valence-electron chi connectivity index (χ0n) is 21.6. The van der Waals surface area contributed by atoms with E-state index in [0.29, 0.717) is 19.4 Å². The Hall–Kier alpha value is -3.18. The van der Waals surface area contributed by atoms with Gasteiger partial charge in [-0.3, -0.25) is 14.4 Å². The largest absolute Gasteiger partial charge is 0.396 e. The van der Waals surface area contributed by atoms with Gasteiger partial charge in [-0.25, -0.2) is 4.68 Å². The topological polar surface area (TPSA) is 112 Å². The summed E-state index contributed by atoms with van der Waals surface area (Å²) in [7, 11) is 1.73. The van der Waals surface area contributed by atoms with Gasteiger partial charge in [0.05, 0.1) is 22.1 Å². The molecule has 1 aromatic carbocycles. The highest BCUT2D eigenvalue weighted by molar-refractivity contribution is 8.02. The number of likely N-dealkylation sites (N-methyl/N-ethyl adjacent to an activating group) is 1. The minimum Gasteiger partial charge on any atom is -0.396 e. The van der Waals surface area contributed by atoms with Crippen molar-refractivity contribution in [1.29, 1.82) is 0 Å². The van der Waals surface area contributed by atoms with Crippen molar-refractivity contribution in [3.05, 3.63) is 49.6 Å². The van der Waals surface area contributed by atoms with Gasteiger partial charge in [0.2, 0.25) is 17.7 Å². The van der Waals surface area contributed by atoms with E-state index in [0.717, 1.165) is 17.5 Å². The van der Waals surface area contributed by atoms with Crippen LogP contribution in [0.15, 0.2) is 49.6 Å². The minimum atomic E-state index is -0.737. The van der Waals surface area contributed by atoms with Gasteiger partial charge in [0.25, 0.3) is 0 Å². The standard InChI is InChI=1S/C27H34N6O4S/c1-4-13-30(3)24(35)21-20-11-12-27(38-20)22(21)25(36)32(15-8-16-34)23(27)26(37)31(14-5-2)17-33-19-10-7-6-9-18(19)28-29-33/h4-7,9-10,20-23,34H,1-2,8,11-17H2,3H3/t20-,21+,22-,23?,27?/m0/s1. The second kappa shape index (κ2) is 10.5. The van der Waals surface area contributed by atoms with Gasteiger partial charge in [0, 0.05) is 38.5 Å². The maximum Gasteiger partial charge on any atom is 0.248 e. The van der Waals surface area contributed by atoms with Gasteiger partial charge in [-0.1, -0.05) is 29.5 Å². The summed E-state index contributed by atoms with van der Waals surface area (Å²) >= 11 is 1.64. The first-order valence-corrected chi connectivity index (χ1v) is 13.9. The number of carbonyl (C=O) groups is 3. The average molecular weight is 539 g/mol. The van der Waals surface area contributed by atoms with Crippen molar-refractivity contribution in [2.24, 2.45) is 11.8 Å². The number of para-hydroxylation sites is 1. The monoisotopic (exact) mass is 538 g/mol. The molecule has 1 N–H and O–H groups in total. The highest BCUT2D eigenvalue weighted by Crippen LogP contribution is 2.66. The number of aromatic nitrogens is 3. The predicted octanol–water partition coefficient (Wildman–Crippen LogP) is 1.52. The molecule has 2 unspecified atom stereocenters. The molecule has 0 saturated carbocycles. The molecule has 3 fully saturated rings. The summed E-state index contributed by atoms with van der Waals surface area (Å²) in [5, 5.41) is 18.0. The maximum absolute atomic E-state index is 14.4. The van der Waals surface area contributed by atoms with Crippen LogP contribution in [-0.2, 0) is 21.1 Å². The number of aliphatic hydroxyl groups excluding tert-OH is 1. The van der Waals surface area contributed by atoms with E-state index in [1.165, 1.54) is 0 Å². The summed E-state index contributed by atoms with van der Waals surface area (Å²) in [6, 6.07) is 6.81. The van der Waals surface area contributed by atoms with Gasteiger partial charge in [-0.05, 0) is 31.4 Å². The van der Waals surface area contributed by atoms with Crippen molar-refractivity contribution >= 4 is 40.5 Å². The first kappa shape index (κ1) is 26.4. The highest BCUT2D eigenvalue weighted by atomic mass is 32.2. The third-order valence-electron chi connectivity index (χ3n) is 8.04. The normalized spacial score (nSPS) is 27.5. The fourth-order valence-corrected chi connectivity index (χ4v) is 8.67. The van der Waals surface area contributed by atoms with Crippen molar-refractivity contribution in [2.45, 2.75) is 42.0 Å². The molecule has 4 heterocycles. The molecule has 3 aliphatic rings. The van der Waals surface area contributed by atoms with Crippen LogP contribution in [0.5, 0.6) is 0 Å². The number of likely N-dealkylation sites (tertiary alicyclic amines) is 1. The molecule has 1 spiro atoms. The van der Waals surface area contributed by atoms with Gasteiger partial charge in [0.15, 0.2) is 0 Å². The van der Waals surface area contributed by atoms with Crippen molar-refractivity contribution in [1.82, 2.24) is 29.7 Å². The zero-order valence-corrected chi connectivity index (χ0v) is 22.4. The quantitative estimate of drug-likeness (QED) is 0.432. The molecule has 3 amide bonds. The number of nitrogens with zero attached hydrogens (tertiary/aromatic N) is 6. The molecule has 3 saturated heterocycles. The first-order chi connectivity index (χ1) is 18.4. The molecule has 202 valence electrons. The van der Waals surface area contributed by atoms with Gasteiger partial charge in [-0.15, -0.1) is 30.0 Å². The number of benzene rings is 1. The molecule has 2 aromatic rings. The number of fused-ring (bicyclic) bond motifs is 2. The van der Waals surface area contributed by atoms with E-state index in [4.69, 9.17) is 0 Å². The van der Waals surface area contributed by atoms with E-state index in [2.05, 4.69) is 23.5 Å². The SMILES string of the molecule is C=CCN(C)C(=O)[C@@H]1[C@@H]2CCC3(S2)C(C(=O)N(CC=C)Cn2nnc4ccccc42)N(CCCO)C(=O)[C@H]13. The van der Waals surface area contributed by atoms with Crippen molar-refractivity contribution < 1.29 is 19.5 Å². The summed E-state index contributed by atoms with van der Waals surface area (Å²) in [5.74, 6) is -1.49. The van der Waals surface area contributed by atoms with E-state index in [9.17, 15) is 19.5 Å². The van der Waals surface area contributed by atoms with Crippen molar-refractivity contribution in [3.8, 4) is 0 Å². The molecule has 3 aliphatic heterocycles. The Morgan fingerprint density at radius 2 is 2.00 bits per heavy atom. The first-order valence-electron chi connectivity index (χ1n) is 13.0. The zero-order chi connectivity index (χ0) is 27.0. The fourth-order valence-electron chi connectivity index (χ4n) is 6.46. The fraction of sp³-hybridized carbons (Fsp3) is 0.519. The number of hydrogen-bond donors (Lipinski definition) is 1. The van der Waals surface area contributed by atoms with Crippen molar-refractivity contribution in [3.63, 3.8) is 0 Å². The number of amides is 3. The molecular formula is C27H34N6O4S. The van der Waals surface area contributed by atoms with Gasteiger partial charge >= 0.3 is 0 Å². The summed E-state index contributed by atoms with van der Waals surface area (Å²) in [6.45, 7) is 8.58. The third-order valence-corrected chi connectivity index (χ3v) is 9.99. The van der Waals surface area contributed by atoms with Gasteiger partial charge < -0.3 is 19.8 Å². The molecular weight excluding hydrogens is 504 g/mol. The molecule has 0 aliphatic carbocycles. The maximum atomic E-state index is 14.4. The molecule has 10 nitrogen and oxygen atoms in total. The summed E-state index contributed by atoms with van der Waals surface area (Å²) in [5.41, 5.74) is 1.53. The van der Waals surface area contributed by atoms with E-state index in [1.807, 2.05) is 24.3 Å². The summed E-state index contributed by atoms with van der Waals surface area (Å²) in [4.78, 5) is 46.8. The van der Waals surface area contributed by atoms with Gasteiger partial charge in [0.1, 0.15) is 18.2 Å². The van der Waals surface area contributed by atoms with Gasteiger partial charge in [-0.2, -0.15) is 0 Å². The Kier molecular flexibility index (Phi) is 7.32. The molecule has 11 heteroatoms. The smallest absolute Gasteiger partial charge is 0.248 e. The Labute approximate surface area is 226 Å². The molecule has 38 heavy (non-hydrogen) atoms. The molecule has 0 radical (unpaired) electrons. The molecule has 1 aromatic heterocycles. The molecule has 5 atom stereocenters. The lowest BCUT2D eigenvalue weighted by atomic mass is 9.70. The number of thioether (sulfide) groups is 1. The average Bonchev–Trinajstić information content (AvgIpc) is 3.66. The third kappa shape index (κ3) is 4.12. The van der Waals surface area contributed by atoms with Crippen LogP contribution in [0.2, 0.25) is 0 Å². The summed E-state index contributed by atoms with van der Waals surface area (Å²) in [6.07, 6.45) is 5.16. The van der Waals surface area contributed by atoms with Crippen LogP contribution in [0, 0.1) is 11.8 Å². The predicted molar refractivity (Wildman–Crippen MR) is 145 cm³/mol. The Morgan fingerprint density at radius 3 is 2.74 bits per heavy atom. The number of hydrogen-bond acceptors (Lipinski definition) is 7. The Bertz CT molecular complexity index is 1270. The van der Waals surface area contributed by atoms with Crippen molar-refractivity contribution in [2.75, 3.05) is 33.3 Å². The number of aliphatic hydroxyl groups is 1. The van der Waals surface area contributed by atoms with Crippen LogP contribution in [0.4, 0.5) is 0 Å². The number of carbonyl (C=O) groups excluding carboxylic acids is 3. The Balaban J connectivity index is 1.50. The van der Waals surface area contributed by atoms with Crippen LogP contribution in [0.3, 0.4) is 0 Å². The molecule has 5 rings (SSSR count). The van der Waals surface area contributed by atoms with Crippen LogP contribution in [0.1, 0.15) is 19.3 Å². The van der Waals surface area contributed by atoms with E-state index >= 15 is 0 Å². The lowest BCUT2D eigenvalue weighted by Crippen LogP contribution is -2.55. The second-order valence-electron chi connectivity index (χ2n) is 10.2. The lowest BCUT2D eigenvalue weighted by Gasteiger charge is -2.37. The van der Waals surface area contributed by atoms with Crippen LogP contribution < -0.4 is 0 Å².